The number of benzene rings is 2. The van der Waals surface area contributed by atoms with Crippen molar-refractivity contribution >= 4 is 43.2 Å². The second-order valence-corrected chi connectivity index (χ2v) is 7.08. The van der Waals surface area contributed by atoms with Crippen molar-refractivity contribution < 1.29 is 12.8 Å². The first-order valence-corrected chi connectivity index (χ1v) is 8.46. The standard InChI is InChI=1S/C13H11BrClFN2O2S/c14-9-5-4-8(7-17)6-12(9)21(19,20)18-13-10(15)2-1-3-11(13)16/h1-6,18H,7,17H2. The average molecular weight is 394 g/mol. The Morgan fingerprint density at radius 3 is 2.62 bits per heavy atom. The van der Waals surface area contributed by atoms with E-state index >= 15 is 0 Å². The molecule has 0 aliphatic carbocycles. The maximum Gasteiger partial charge on any atom is 0.263 e. The molecule has 8 heteroatoms. The maximum absolute atomic E-state index is 13.7. The summed E-state index contributed by atoms with van der Waals surface area (Å²) in [5.41, 5.74) is 5.85. The Hall–Kier alpha value is -1.15. The Bertz CT molecular complexity index is 763. The van der Waals surface area contributed by atoms with Gasteiger partial charge in [0.15, 0.2) is 0 Å². The summed E-state index contributed by atoms with van der Waals surface area (Å²) in [6.07, 6.45) is 0. The Morgan fingerprint density at radius 1 is 1.29 bits per heavy atom. The first kappa shape index (κ1) is 16.2. The molecule has 112 valence electrons. The van der Waals surface area contributed by atoms with Crippen LogP contribution in [-0.2, 0) is 16.6 Å². The van der Waals surface area contributed by atoms with Gasteiger partial charge in [-0.25, -0.2) is 12.8 Å². The van der Waals surface area contributed by atoms with Gasteiger partial charge in [-0.05, 0) is 45.8 Å². The van der Waals surface area contributed by atoms with Crippen LogP contribution in [0.1, 0.15) is 5.56 Å². The Labute approximate surface area is 135 Å². The smallest absolute Gasteiger partial charge is 0.263 e. The van der Waals surface area contributed by atoms with Crippen LogP contribution in [-0.4, -0.2) is 8.42 Å². The Morgan fingerprint density at radius 2 is 2.00 bits per heavy atom. The van der Waals surface area contributed by atoms with E-state index in [9.17, 15) is 12.8 Å². The lowest BCUT2D eigenvalue weighted by atomic mass is 10.2. The van der Waals surface area contributed by atoms with E-state index < -0.39 is 15.8 Å². The summed E-state index contributed by atoms with van der Waals surface area (Å²) in [5, 5.41) is -0.0234. The zero-order valence-corrected chi connectivity index (χ0v) is 13.8. The summed E-state index contributed by atoms with van der Waals surface area (Å²) >= 11 is 8.98. The highest BCUT2D eigenvalue weighted by molar-refractivity contribution is 9.10. The number of halogens is 3. The molecule has 0 aliphatic rings. The predicted molar refractivity (Wildman–Crippen MR) is 84.3 cm³/mol. The highest BCUT2D eigenvalue weighted by Gasteiger charge is 2.21. The molecular weight excluding hydrogens is 383 g/mol. The second kappa shape index (κ2) is 6.31. The zero-order valence-electron chi connectivity index (χ0n) is 10.6. The molecule has 0 radical (unpaired) electrons. The molecular formula is C13H11BrClFN2O2S. The minimum atomic E-state index is -4.00. The third kappa shape index (κ3) is 3.55. The van der Waals surface area contributed by atoms with Crippen molar-refractivity contribution in [2.45, 2.75) is 11.4 Å². The van der Waals surface area contributed by atoms with Gasteiger partial charge < -0.3 is 5.73 Å². The van der Waals surface area contributed by atoms with Crippen LogP contribution < -0.4 is 10.5 Å². The summed E-state index contributed by atoms with van der Waals surface area (Å²) < 4.78 is 41.0. The van der Waals surface area contributed by atoms with E-state index in [0.717, 1.165) is 6.07 Å². The highest BCUT2D eigenvalue weighted by atomic mass is 79.9. The fraction of sp³-hybridized carbons (Fsp3) is 0.0769. The van der Waals surface area contributed by atoms with Gasteiger partial charge in [-0.15, -0.1) is 0 Å². The van der Waals surface area contributed by atoms with E-state index in [1.54, 1.807) is 12.1 Å². The molecule has 3 N–H and O–H groups in total. The van der Waals surface area contributed by atoms with Crippen molar-refractivity contribution in [3.05, 3.63) is 57.3 Å². The van der Waals surface area contributed by atoms with Gasteiger partial charge in [0.1, 0.15) is 16.4 Å². The molecule has 0 aromatic heterocycles. The largest absolute Gasteiger partial charge is 0.326 e. The minimum absolute atomic E-state index is 0.0234. The number of nitrogens with one attached hydrogen (secondary N) is 1. The van der Waals surface area contributed by atoms with Crippen LogP contribution in [0.2, 0.25) is 5.02 Å². The molecule has 0 unspecified atom stereocenters. The van der Waals surface area contributed by atoms with Gasteiger partial charge >= 0.3 is 0 Å². The van der Waals surface area contributed by atoms with Crippen LogP contribution >= 0.6 is 27.5 Å². The van der Waals surface area contributed by atoms with Crippen LogP contribution in [0.15, 0.2) is 45.8 Å². The van der Waals surface area contributed by atoms with Gasteiger partial charge in [0.2, 0.25) is 0 Å². The summed E-state index contributed by atoms with van der Waals surface area (Å²) in [5.74, 6) is -0.753. The number of hydrogen-bond acceptors (Lipinski definition) is 3. The number of sulfonamides is 1. The van der Waals surface area contributed by atoms with Gasteiger partial charge in [0.25, 0.3) is 10.0 Å². The van der Waals surface area contributed by atoms with E-state index in [4.69, 9.17) is 17.3 Å². The third-order valence-corrected chi connectivity index (χ3v) is 5.38. The topological polar surface area (TPSA) is 72.2 Å². The van der Waals surface area contributed by atoms with E-state index in [0.29, 0.717) is 10.0 Å². The second-order valence-electron chi connectivity index (χ2n) is 4.17. The van der Waals surface area contributed by atoms with Crippen molar-refractivity contribution in [3.8, 4) is 0 Å². The first-order valence-electron chi connectivity index (χ1n) is 5.80. The summed E-state index contributed by atoms with van der Waals surface area (Å²) in [6.45, 7) is 0.191. The molecule has 0 bridgehead atoms. The van der Waals surface area contributed by atoms with E-state index in [1.165, 1.54) is 18.2 Å². The van der Waals surface area contributed by atoms with Crippen LogP contribution in [0.3, 0.4) is 0 Å². The monoisotopic (exact) mass is 392 g/mol. The van der Waals surface area contributed by atoms with Crippen LogP contribution in [0.5, 0.6) is 0 Å². The third-order valence-electron chi connectivity index (χ3n) is 2.72. The van der Waals surface area contributed by atoms with Crippen molar-refractivity contribution in [2.75, 3.05) is 4.72 Å². The zero-order chi connectivity index (χ0) is 15.6. The van der Waals surface area contributed by atoms with Crippen molar-refractivity contribution in [2.24, 2.45) is 5.73 Å². The number of nitrogens with two attached hydrogens (primary N) is 1. The van der Waals surface area contributed by atoms with Crippen LogP contribution in [0.25, 0.3) is 0 Å². The molecule has 0 saturated heterocycles. The normalized spacial score (nSPS) is 11.4. The van der Waals surface area contributed by atoms with Crippen molar-refractivity contribution in [1.29, 1.82) is 0 Å². The van der Waals surface area contributed by atoms with Gasteiger partial charge in [0, 0.05) is 11.0 Å². The molecule has 0 atom stereocenters. The molecule has 2 aromatic carbocycles. The summed E-state index contributed by atoms with van der Waals surface area (Å²) in [4.78, 5) is -0.0373. The predicted octanol–water partition coefficient (Wildman–Crippen LogP) is 3.50. The maximum atomic E-state index is 13.7. The molecule has 21 heavy (non-hydrogen) atoms. The highest BCUT2D eigenvalue weighted by Crippen LogP contribution is 2.30. The van der Waals surface area contributed by atoms with E-state index in [1.807, 2.05) is 0 Å². The molecule has 2 aromatic rings. The van der Waals surface area contributed by atoms with Gasteiger partial charge in [-0.2, -0.15) is 0 Å². The summed E-state index contributed by atoms with van der Waals surface area (Å²) in [7, 11) is -4.00. The van der Waals surface area contributed by atoms with Gasteiger partial charge in [-0.3, -0.25) is 4.72 Å². The summed E-state index contributed by atoms with van der Waals surface area (Å²) in [6, 6.07) is 8.59. The van der Waals surface area contributed by atoms with Gasteiger partial charge in [-0.1, -0.05) is 23.7 Å². The molecule has 0 saturated carbocycles. The van der Waals surface area contributed by atoms with Crippen molar-refractivity contribution in [3.63, 3.8) is 0 Å². The first-order chi connectivity index (χ1) is 9.85. The molecule has 0 heterocycles. The lowest BCUT2D eigenvalue weighted by molar-refractivity contribution is 0.598. The molecule has 0 spiro atoms. The van der Waals surface area contributed by atoms with E-state index in [2.05, 4.69) is 20.7 Å². The number of anilines is 1. The molecule has 0 fully saturated rings. The van der Waals surface area contributed by atoms with Crippen LogP contribution in [0, 0.1) is 5.82 Å². The molecule has 2 rings (SSSR count). The van der Waals surface area contributed by atoms with Gasteiger partial charge in [0.05, 0.1) is 5.02 Å². The fourth-order valence-electron chi connectivity index (χ4n) is 1.67. The quantitative estimate of drug-likeness (QED) is 0.835. The lowest BCUT2D eigenvalue weighted by Gasteiger charge is -2.12. The Kier molecular flexibility index (Phi) is 4.88. The fourth-order valence-corrected chi connectivity index (χ4v) is 4.03. The van der Waals surface area contributed by atoms with Crippen molar-refractivity contribution in [1.82, 2.24) is 0 Å². The van der Waals surface area contributed by atoms with Crippen LogP contribution in [0.4, 0.5) is 10.1 Å². The number of hydrogen-bond donors (Lipinski definition) is 2. The lowest BCUT2D eigenvalue weighted by Crippen LogP contribution is -2.15. The average Bonchev–Trinajstić information content (AvgIpc) is 2.43. The SMILES string of the molecule is NCc1ccc(Br)c(S(=O)(=O)Nc2c(F)cccc2Cl)c1. The Balaban J connectivity index is 2.48. The van der Waals surface area contributed by atoms with E-state index in [-0.39, 0.29) is 22.2 Å². The number of para-hydroxylation sites is 1. The minimum Gasteiger partial charge on any atom is -0.326 e. The molecule has 0 amide bonds. The number of rotatable bonds is 4. The molecule has 4 nitrogen and oxygen atoms in total. The molecule has 0 aliphatic heterocycles.